The smallest absolute Gasteiger partial charge is 0.337 e. The largest absolute Gasteiger partial charge is 0.467 e. The van der Waals surface area contributed by atoms with E-state index >= 15 is 0 Å². The van der Waals surface area contributed by atoms with Gasteiger partial charge in [-0.05, 0) is 6.07 Å². The van der Waals surface area contributed by atoms with Crippen LogP contribution in [0.15, 0.2) is 29.3 Å². The van der Waals surface area contributed by atoms with Gasteiger partial charge in [-0.3, -0.25) is 0 Å². The maximum absolute atomic E-state index is 11.1. The number of aliphatic imine (C=N–C) groups is 1. The van der Waals surface area contributed by atoms with Gasteiger partial charge in [0.25, 0.3) is 0 Å². The molecular weight excluding hydrogens is 226 g/mol. The van der Waals surface area contributed by atoms with Crippen LogP contribution in [-0.4, -0.2) is 35.5 Å². The average Bonchev–Trinajstić information content (AvgIpc) is 2.37. The van der Waals surface area contributed by atoms with E-state index in [0.717, 1.165) is 7.11 Å². The fraction of sp³-hybridized carbons (Fsp3) is 0.273. The minimum absolute atomic E-state index is 0.137. The van der Waals surface area contributed by atoms with Crippen LogP contribution in [0.1, 0.15) is 11.7 Å². The highest BCUT2D eigenvalue weighted by molar-refractivity contribution is 5.75. The molecule has 2 unspecified atom stereocenters. The molecule has 0 saturated carbocycles. The van der Waals surface area contributed by atoms with Gasteiger partial charge in [-0.15, -0.1) is 0 Å². The van der Waals surface area contributed by atoms with Gasteiger partial charge in [0, 0.05) is 5.56 Å². The molecule has 1 rings (SSSR count). The zero-order valence-electron chi connectivity index (χ0n) is 9.03. The monoisotopic (exact) mass is 237 g/mol. The number of hydrogen-bond acceptors (Lipinski definition) is 6. The molecular formula is C11H11NO5. The molecule has 0 aliphatic rings. The Morgan fingerprint density at radius 1 is 1.41 bits per heavy atom. The molecule has 1 aromatic carbocycles. The van der Waals surface area contributed by atoms with Crippen molar-refractivity contribution in [3.8, 4) is 0 Å². The van der Waals surface area contributed by atoms with E-state index in [1.165, 1.54) is 18.2 Å². The summed E-state index contributed by atoms with van der Waals surface area (Å²) in [5.74, 6) is -0.970. The predicted molar refractivity (Wildman–Crippen MR) is 57.2 cm³/mol. The van der Waals surface area contributed by atoms with Crippen LogP contribution in [0.5, 0.6) is 0 Å². The van der Waals surface area contributed by atoms with Gasteiger partial charge in [0.1, 0.15) is 6.10 Å². The first-order chi connectivity index (χ1) is 8.11. The minimum atomic E-state index is -1.73. The van der Waals surface area contributed by atoms with Crippen molar-refractivity contribution in [1.82, 2.24) is 0 Å². The van der Waals surface area contributed by atoms with Crippen molar-refractivity contribution in [2.75, 3.05) is 7.11 Å². The van der Waals surface area contributed by atoms with E-state index in [-0.39, 0.29) is 11.3 Å². The van der Waals surface area contributed by atoms with Gasteiger partial charge in [-0.25, -0.2) is 9.59 Å². The van der Waals surface area contributed by atoms with Crippen LogP contribution in [0.4, 0.5) is 5.69 Å². The lowest BCUT2D eigenvalue weighted by atomic mass is 10.0. The van der Waals surface area contributed by atoms with Gasteiger partial charge >= 0.3 is 5.97 Å². The summed E-state index contributed by atoms with van der Waals surface area (Å²) < 4.78 is 4.30. The molecule has 0 saturated heterocycles. The first-order valence-corrected chi connectivity index (χ1v) is 4.72. The number of hydrogen-bond donors (Lipinski definition) is 2. The van der Waals surface area contributed by atoms with Crippen LogP contribution >= 0.6 is 0 Å². The number of carbonyl (C=O) groups excluding carboxylic acids is 2. The number of nitrogens with zero attached hydrogens (tertiary/aromatic N) is 1. The number of benzene rings is 1. The van der Waals surface area contributed by atoms with E-state index in [2.05, 4.69) is 9.73 Å². The van der Waals surface area contributed by atoms with E-state index in [9.17, 15) is 19.8 Å². The zero-order chi connectivity index (χ0) is 12.8. The van der Waals surface area contributed by atoms with Crippen LogP contribution in [0.3, 0.4) is 0 Å². The highest BCUT2D eigenvalue weighted by Gasteiger charge is 2.28. The molecule has 6 heteroatoms. The summed E-state index contributed by atoms with van der Waals surface area (Å²) >= 11 is 0. The number of isocyanates is 1. The number of carbonyl (C=O) groups is 1. The van der Waals surface area contributed by atoms with Crippen molar-refractivity contribution < 1.29 is 24.5 Å². The average molecular weight is 237 g/mol. The summed E-state index contributed by atoms with van der Waals surface area (Å²) in [4.78, 5) is 24.6. The number of ether oxygens (including phenoxy) is 1. The quantitative estimate of drug-likeness (QED) is 0.443. The number of aliphatic hydroxyl groups excluding tert-OH is 2. The molecule has 0 heterocycles. The highest BCUT2D eigenvalue weighted by Crippen LogP contribution is 2.27. The molecule has 1 aromatic rings. The topological polar surface area (TPSA) is 96.2 Å². The Bertz CT molecular complexity index is 453. The van der Waals surface area contributed by atoms with E-state index < -0.39 is 18.2 Å². The molecule has 0 amide bonds. The van der Waals surface area contributed by atoms with Crippen molar-refractivity contribution in [3.05, 3.63) is 29.8 Å². The van der Waals surface area contributed by atoms with Crippen LogP contribution in [0.2, 0.25) is 0 Å². The van der Waals surface area contributed by atoms with Crippen molar-refractivity contribution in [2.45, 2.75) is 12.2 Å². The van der Waals surface area contributed by atoms with Gasteiger partial charge in [-0.1, -0.05) is 18.2 Å². The number of para-hydroxylation sites is 1. The second-order valence-electron chi connectivity index (χ2n) is 3.17. The Morgan fingerprint density at radius 3 is 2.65 bits per heavy atom. The maximum atomic E-state index is 11.1. The predicted octanol–water partition coefficient (Wildman–Crippen LogP) is 0.221. The number of aliphatic hydroxyl groups is 2. The second kappa shape index (κ2) is 5.91. The van der Waals surface area contributed by atoms with Crippen LogP contribution < -0.4 is 0 Å². The zero-order valence-corrected chi connectivity index (χ0v) is 9.03. The second-order valence-corrected chi connectivity index (χ2v) is 3.17. The van der Waals surface area contributed by atoms with E-state index in [0.29, 0.717) is 0 Å². The highest BCUT2D eigenvalue weighted by atomic mass is 16.5. The summed E-state index contributed by atoms with van der Waals surface area (Å²) in [6.45, 7) is 0. The van der Waals surface area contributed by atoms with Crippen molar-refractivity contribution in [2.24, 2.45) is 4.99 Å². The Balaban J connectivity index is 3.07. The molecule has 0 radical (unpaired) electrons. The molecule has 2 N–H and O–H groups in total. The Labute approximate surface area is 97.2 Å². The molecule has 0 aliphatic carbocycles. The summed E-state index contributed by atoms with van der Waals surface area (Å²) in [6.07, 6.45) is -1.92. The fourth-order valence-corrected chi connectivity index (χ4v) is 1.31. The molecule has 0 spiro atoms. The lowest BCUT2D eigenvalue weighted by Crippen LogP contribution is -2.29. The third-order valence-electron chi connectivity index (χ3n) is 2.16. The first-order valence-electron chi connectivity index (χ1n) is 4.72. The molecule has 0 bridgehead atoms. The van der Waals surface area contributed by atoms with Crippen molar-refractivity contribution in [3.63, 3.8) is 0 Å². The van der Waals surface area contributed by atoms with E-state index in [4.69, 9.17) is 0 Å². The SMILES string of the molecule is COC(=O)C(O)C(O)c1ccccc1N=C=O. The van der Waals surface area contributed by atoms with Gasteiger partial charge in [0.05, 0.1) is 12.8 Å². The summed E-state index contributed by atoms with van der Waals surface area (Å²) in [7, 11) is 1.09. The Hall–Kier alpha value is -2.01. The van der Waals surface area contributed by atoms with Gasteiger partial charge in [0.15, 0.2) is 6.10 Å². The van der Waals surface area contributed by atoms with Crippen molar-refractivity contribution >= 4 is 17.7 Å². The van der Waals surface area contributed by atoms with E-state index in [1.807, 2.05) is 0 Å². The van der Waals surface area contributed by atoms with Crippen LogP contribution in [0.25, 0.3) is 0 Å². The van der Waals surface area contributed by atoms with Gasteiger partial charge in [0.2, 0.25) is 6.08 Å². The standard InChI is InChI=1S/C11H11NO5/c1-17-11(16)10(15)9(14)7-4-2-3-5-8(7)12-6-13/h2-5,9-10,14-15H,1H3. The molecule has 0 aromatic heterocycles. The number of rotatable bonds is 4. The third-order valence-corrected chi connectivity index (χ3v) is 2.16. The Morgan fingerprint density at radius 2 is 2.06 bits per heavy atom. The number of esters is 1. The summed E-state index contributed by atoms with van der Waals surface area (Å²) in [5.41, 5.74) is 0.284. The molecule has 90 valence electrons. The lowest BCUT2D eigenvalue weighted by Gasteiger charge is -2.16. The molecule has 6 nitrogen and oxygen atoms in total. The van der Waals surface area contributed by atoms with Crippen LogP contribution in [0, 0.1) is 0 Å². The fourth-order valence-electron chi connectivity index (χ4n) is 1.31. The van der Waals surface area contributed by atoms with Gasteiger partial charge < -0.3 is 14.9 Å². The van der Waals surface area contributed by atoms with Crippen LogP contribution in [-0.2, 0) is 14.3 Å². The minimum Gasteiger partial charge on any atom is -0.467 e. The summed E-state index contributed by atoms with van der Waals surface area (Å²) in [5, 5.41) is 19.2. The third kappa shape index (κ3) is 2.98. The summed E-state index contributed by atoms with van der Waals surface area (Å²) in [6, 6.07) is 6.06. The first kappa shape index (κ1) is 13.1. The number of methoxy groups -OCH3 is 1. The molecule has 2 atom stereocenters. The molecule has 0 aliphatic heterocycles. The van der Waals surface area contributed by atoms with E-state index in [1.54, 1.807) is 12.1 Å². The molecule has 0 fully saturated rings. The molecule has 17 heavy (non-hydrogen) atoms. The Kier molecular flexibility index (Phi) is 4.54. The van der Waals surface area contributed by atoms with Crippen molar-refractivity contribution in [1.29, 1.82) is 0 Å². The lowest BCUT2D eigenvalue weighted by molar-refractivity contribution is -0.156. The van der Waals surface area contributed by atoms with Gasteiger partial charge in [-0.2, -0.15) is 4.99 Å². The maximum Gasteiger partial charge on any atom is 0.337 e. The normalized spacial score (nSPS) is 13.4.